The lowest BCUT2D eigenvalue weighted by Crippen LogP contribution is -2.24. The third-order valence-corrected chi connectivity index (χ3v) is 4.17. The van der Waals surface area contributed by atoms with Crippen LogP contribution >= 0.6 is 0 Å². The van der Waals surface area contributed by atoms with Gasteiger partial charge >= 0.3 is 0 Å². The van der Waals surface area contributed by atoms with Crippen LogP contribution in [0.2, 0.25) is 0 Å². The standard InChI is InChI=1S/C21H19FN4O3/c1-26(2)17(27)10-9-16-15-4-3-11-23-18(15)20(28)19(25-16)21(29)24-12-13-5-7-14(22)8-6-13/h3-11,28H,12H2,1-2H3,(H,24,29). The lowest BCUT2D eigenvalue weighted by Gasteiger charge is -2.11. The first kappa shape index (κ1) is 19.9. The van der Waals surface area contributed by atoms with Crippen molar-refractivity contribution in [2.24, 2.45) is 0 Å². The predicted molar refractivity (Wildman–Crippen MR) is 107 cm³/mol. The lowest BCUT2D eigenvalue weighted by atomic mass is 10.1. The van der Waals surface area contributed by atoms with Crippen molar-refractivity contribution in [1.82, 2.24) is 20.2 Å². The molecule has 0 bridgehead atoms. The Balaban J connectivity index is 1.94. The maximum Gasteiger partial charge on any atom is 0.274 e. The van der Waals surface area contributed by atoms with Crippen LogP contribution in [0.5, 0.6) is 5.75 Å². The van der Waals surface area contributed by atoms with E-state index in [0.717, 1.165) is 0 Å². The molecule has 0 aliphatic rings. The number of benzene rings is 1. The van der Waals surface area contributed by atoms with Gasteiger partial charge in [-0.1, -0.05) is 12.1 Å². The van der Waals surface area contributed by atoms with Gasteiger partial charge < -0.3 is 15.3 Å². The second kappa shape index (κ2) is 8.47. The van der Waals surface area contributed by atoms with Crippen molar-refractivity contribution in [3.63, 3.8) is 0 Å². The molecule has 2 amide bonds. The molecule has 0 saturated heterocycles. The number of hydrogen-bond donors (Lipinski definition) is 2. The highest BCUT2D eigenvalue weighted by molar-refractivity contribution is 6.03. The number of pyridine rings is 2. The Kier molecular flexibility index (Phi) is 5.82. The van der Waals surface area contributed by atoms with Gasteiger partial charge in [-0.05, 0) is 35.9 Å². The minimum atomic E-state index is -0.618. The van der Waals surface area contributed by atoms with Crippen molar-refractivity contribution in [3.8, 4) is 5.75 Å². The molecule has 0 aliphatic carbocycles. The second-order valence-electron chi connectivity index (χ2n) is 6.47. The summed E-state index contributed by atoms with van der Waals surface area (Å²) in [5.41, 5.74) is 1.00. The molecular formula is C21H19FN4O3. The molecule has 0 aliphatic heterocycles. The first-order valence-corrected chi connectivity index (χ1v) is 8.76. The quantitative estimate of drug-likeness (QED) is 0.649. The summed E-state index contributed by atoms with van der Waals surface area (Å²) in [6.07, 6.45) is 4.29. The summed E-state index contributed by atoms with van der Waals surface area (Å²) < 4.78 is 13.0. The van der Waals surface area contributed by atoms with Crippen molar-refractivity contribution >= 4 is 28.8 Å². The number of amides is 2. The smallest absolute Gasteiger partial charge is 0.274 e. The summed E-state index contributed by atoms with van der Waals surface area (Å²) in [5.74, 6) is -1.59. The minimum Gasteiger partial charge on any atom is -0.504 e. The summed E-state index contributed by atoms with van der Waals surface area (Å²) in [5, 5.41) is 13.7. The molecule has 3 rings (SSSR count). The maximum absolute atomic E-state index is 13.0. The summed E-state index contributed by atoms with van der Waals surface area (Å²) >= 11 is 0. The van der Waals surface area contributed by atoms with Gasteiger partial charge in [0.2, 0.25) is 5.91 Å². The van der Waals surface area contributed by atoms with E-state index in [9.17, 15) is 19.1 Å². The average molecular weight is 394 g/mol. The highest BCUT2D eigenvalue weighted by Gasteiger charge is 2.19. The molecule has 0 unspecified atom stereocenters. The van der Waals surface area contributed by atoms with E-state index >= 15 is 0 Å². The zero-order chi connectivity index (χ0) is 21.0. The molecule has 2 aromatic heterocycles. The molecule has 2 N–H and O–H groups in total. The average Bonchev–Trinajstić information content (AvgIpc) is 2.72. The summed E-state index contributed by atoms with van der Waals surface area (Å²) in [7, 11) is 3.23. The first-order chi connectivity index (χ1) is 13.9. The highest BCUT2D eigenvalue weighted by Crippen LogP contribution is 2.28. The normalized spacial score (nSPS) is 11.0. The fraction of sp³-hybridized carbons (Fsp3) is 0.143. The monoisotopic (exact) mass is 394 g/mol. The minimum absolute atomic E-state index is 0.130. The van der Waals surface area contributed by atoms with E-state index in [1.54, 1.807) is 38.4 Å². The van der Waals surface area contributed by atoms with Gasteiger partial charge in [0.15, 0.2) is 11.4 Å². The van der Waals surface area contributed by atoms with Crippen LogP contribution in [0.4, 0.5) is 4.39 Å². The van der Waals surface area contributed by atoms with E-state index in [2.05, 4.69) is 15.3 Å². The fourth-order valence-electron chi connectivity index (χ4n) is 2.60. The SMILES string of the molecule is CN(C)C(=O)C=Cc1nc(C(=O)NCc2ccc(F)cc2)c(O)c2ncccc12. The number of carbonyl (C=O) groups excluding carboxylic acids is 2. The Morgan fingerprint density at radius 1 is 1.21 bits per heavy atom. The zero-order valence-corrected chi connectivity index (χ0v) is 15.9. The van der Waals surface area contributed by atoms with Gasteiger partial charge in [0, 0.05) is 38.3 Å². The number of likely N-dealkylation sites (N-methyl/N-ethyl adjacent to an activating group) is 1. The van der Waals surface area contributed by atoms with Crippen LogP contribution in [0.1, 0.15) is 21.7 Å². The van der Waals surface area contributed by atoms with Crippen LogP contribution in [-0.2, 0) is 11.3 Å². The number of halogens is 1. The van der Waals surface area contributed by atoms with Gasteiger partial charge in [0.25, 0.3) is 5.91 Å². The van der Waals surface area contributed by atoms with E-state index in [4.69, 9.17) is 0 Å². The van der Waals surface area contributed by atoms with Crippen molar-refractivity contribution in [1.29, 1.82) is 0 Å². The predicted octanol–water partition coefficient (Wildman–Crippen LogP) is 2.51. The van der Waals surface area contributed by atoms with Gasteiger partial charge in [-0.3, -0.25) is 14.6 Å². The number of aromatic nitrogens is 2. The van der Waals surface area contributed by atoms with Gasteiger partial charge in [0.1, 0.15) is 11.3 Å². The molecular weight excluding hydrogens is 375 g/mol. The van der Waals surface area contributed by atoms with Gasteiger partial charge in [-0.15, -0.1) is 0 Å². The molecule has 7 nitrogen and oxygen atoms in total. The lowest BCUT2D eigenvalue weighted by molar-refractivity contribution is -0.123. The van der Waals surface area contributed by atoms with E-state index in [0.29, 0.717) is 16.6 Å². The van der Waals surface area contributed by atoms with E-state index < -0.39 is 5.91 Å². The molecule has 148 valence electrons. The Labute approximate surface area is 166 Å². The Morgan fingerprint density at radius 2 is 1.93 bits per heavy atom. The van der Waals surface area contributed by atoms with Crippen molar-refractivity contribution in [3.05, 3.63) is 71.4 Å². The van der Waals surface area contributed by atoms with Crippen LogP contribution < -0.4 is 5.32 Å². The van der Waals surface area contributed by atoms with Crippen LogP contribution in [0.15, 0.2) is 48.7 Å². The number of fused-ring (bicyclic) bond motifs is 1. The number of nitrogens with zero attached hydrogens (tertiary/aromatic N) is 3. The van der Waals surface area contributed by atoms with E-state index in [-0.39, 0.29) is 35.2 Å². The van der Waals surface area contributed by atoms with Gasteiger partial charge in [-0.2, -0.15) is 0 Å². The molecule has 2 heterocycles. The topological polar surface area (TPSA) is 95.4 Å². The molecule has 29 heavy (non-hydrogen) atoms. The maximum atomic E-state index is 13.0. The van der Waals surface area contributed by atoms with Crippen LogP contribution in [0.3, 0.4) is 0 Å². The number of rotatable bonds is 5. The summed E-state index contributed by atoms with van der Waals surface area (Å²) in [4.78, 5) is 34.2. The fourth-order valence-corrected chi connectivity index (χ4v) is 2.60. The zero-order valence-electron chi connectivity index (χ0n) is 15.9. The number of hydrogen-bond acceptors (Lipinski definition) is 5. The number of carbonyl (C=O) groups is 2. The third kappa shape index (κ3) is 4.55. The first-order valence-electron chi connectivity index (χ1n) is 8.76. The van der Waals surface area contributed by atoms with Crippen LogP contribution in [0.25, 0.3) is 17.0 Å². The third-order valence-electron chi connectivity index (χ3n) is 4.17. The molecule has 3 aromatic rings. The molecule has 8 heteroatoms. The second-order valence-corrected chi connectivity index (χ2v) is 6.47. The molecule has 0 spiro atoms. The number of nitrogens with one attached hydrogen (secondary N) is 1. The molecule has 0 fully saturated rings. The Hall–Kier alpha value is -3.81. The molecule has 0 radical (unpaired) electrons. The van der Waals surface area contributed by atoms with Crippen LogP contribution in [0, 0.1) is 5.82 Å². The Morgan fingerprint density at radius 3 is 2.62 bits per heavy atom. The number of aromatic hydroxyl groups is 1. The molecule has 1 aromatic carbocycles. The molecule has 0 atom stereocenters. The van der Waals surface area contributed by atoms with Crippen molar-refractivity contribution in [2.45, 2.75) is 6.54 Å². The molecule has 0 saturated carbocycles. The van der Waals surface area contributed by atoms with Gasteiger partial charge in [0.05, 0.1) is 5.69 Å². The van der Waals surface area contributed by atoms with Crippen molar-refractivity contribution in [2.75, 3.05) is 14.1 Å². The Bertz CT molecular complexity index is 1100. The van der Waals surface area contributed by atoms with E-state index in [1.165, 1.54) is 35.4 Å². The van der Waals surface area contributed by atoms with Crippen molar-refractivity contribution < 1.29 is 19.1 Å². The highest BCUT2D eigenvalue weighted by atomic mass is 19.1. The van der Waals surface area contributed by atoms with E-state index in [1.807, 2.05) is 0 Å². The largest absolute Gasteiger partial charge is 0.504 e. The van der Waals surface area contributed by atoms with Gasteiger partial charge in [-0.25, -0.2) is 9.37 Å². The summed E-state index contributed by atoms with van der Waals surface area (Å²) in [6, 6.07) is 9.04. The van der Waals surface area contributed by atoms with Crippen LogP contribution in [-0.4, -0.2) is 45.9 Å². The summed E-state index contributed by atoms with van der Waals surface area (Å²) in [6.45, 7) is 0.130.